The minimum Gasteiger partial charge on any atom is -0.248 e. The second kappa shape index (κ2) is 9.95. The van der Waals surface area contributed by atoms with Gasteiger partial charge in [0, 0.05) is 13.0 Å². The molecule has 0 heterocycles. The molecule has 4 nitrogen and oxygen atoms in total. The van der Waals surface area contributed by atoms with Gasteiger partial charge in [0.1, 0.15) is 0 Å². The maximum atomic E-state index is 11.4. The Bertz CT molecular complexity index is 685. The average molecular weight is 358 g/mol. The predicted octanol–water partition coefficient (Wildman–Crippen LogP) is 5.54. The molecule has 0 saturated carbocycles. The van der Waals surface area contributed by atoms with Crippen LogP contribution in [0.1, 0.15) is 60.8 Å². The van der Waals surface area contributed by atoms with Crippen LogP contribution in [0.15, 0.2) is 58.7 Å². The van der Waals surface area contributed by atoms with Crippen molar-refractivity contribution in [3.8, 4) is 0 Å². The van der Waals surface area contributed by atoms with Crippen molar-refractivity contribution in [1.82, 2.24) is 0 Å². The Kier molecular flexibility index (Phi) is 8.30. The number of rotatable bonds is 5. The van der Waals surface area contributed by atoms with Gasteiger partial charge in [-0.05, 0) is 56.6 Å². The smallest absolute Gasteiger partial charge is 0.248 e. The fraction of sp³-hybridized carbons (Fsp3) is 0.455. The fourth-order valence-corrected chi connectivity index (χ4v) is 2.99. The summed E-state index contributed by atoms with van der Waals surface area (Å²) in [6.07, 6.45) is 14.9. The zero-order valence-electron chi connectivity index (χ0n) is 16.7. The van der Waals surface area contributed by atoms with Crippen LogP contribution in [0.4, 0.5) is 0 Å². The molecule has 0 radical (unpaired) electrons. The van der Waals surface area contributed by atoms with Crippen LogP contribution in [0.3, 0.4) is 0 Å². The molecule has 0 spiro atoms. The zero-order chi connectivity index (χ0) is 19.7. The van der Waals surface area contributed by atoms with Gasteiger partial charge in [0.05, 0.1) is 0 Å². The highest BCUT2D eigenvalue weighted by molar-refractivity contribution is 5.83. The van der Waals surface area contributed by atoms with Crippen molar-refractivity contribution in [3.63, 3.8) is 0 Å². The Hall–Kier alpha value is -2.36. The molecule has 4 heteroatoms. The topological polar surface area (TPSA) is 52.6 Å². The lowest BCUT2D eigenvalue weighted by Crippen LogP contribution is -2.19. The van der Waals surface area contributed by atoms with E-state index in [-0.39, 0.29) is 5.41 Å². The largest absolute Gasteiger partial charge is 0.379 e. The molecule has 142 valence electrons. The molecule has 1 aliphatic rings. The molecule has 0 N–H and O–H groups in total. The van der Waals surface area contributed by atoms with Crippen LogP contribution in [0.25, 0.3) is 0 Å². The SMILES string of the molecule is CC(=O)OOC(=O)C=C(C)C=CC=C(C)C=CC1=C(C)CCCC1(C)C. The van der Waals surface area contributed by atoms with E-state index in [1.165, 1.54) is 36.5 Å². The summed E-state index contributed by atoms with van der Waals surface area (Å²) in [4.78, 5) is 30.4. The first kappa shape index (κ1) is 21.7. The van der Waals surface area contributed by atoms with Gasteiger partial charge in [0.15, 0.2) is 0 Å². The molecule has 0 fully saturated rings. The monoisotopic (exact) mass is 358 g/mol. The third kappa shape index (κ3) is 7.68. The van der Waals surface area contributed by atoms with Crippen molar-refractivity contribution in [3.05, 3.63) is 58.7 Å². The van der Waals surface area contributed by atoms with E-state index < -0.39 is 11.9 Å². The van der Waals surface area contributed by atoms with Crippen molar-refractivity contribution in [2.45, 2.75) is 60.8 Å². The first-order valence-corrected chi connectivity index (χ1v) is 8.92. The highest BCUT2D eigenvalue weighted by Gasteiger charge is 2.26. The van der Waals surface area contributed by atoms with Crippen molar-refractivity contribution >= 4 is 11.9 Å². The lowest BCUT2D eigenvalue weighted by atomic mass is 9.72. The Morgan fingerprint density at radius 1 is 1.04 bits per heavy atom. The van der Waals surface area contributed by atoms with E-state index in [1.54, 1.807) is 13.0 Å². The highest BCUT2D eigenvalue weighted by Crippen LogP contribution is 2.40. The molecule has 0 saturated heterocycles. The molecular weight excluding hydrogens is 328 g/mol. The van der Waals surface area contributed by atoms with E-state index in [0.717, 1.165) is 12.5 Å². The average Bonchev–Trinajstić information content (AvgIpc) is 2.51. The van der Waals surface area contributed by atoms with Crippen molar-refractivity contribution in [2.75, 3.05) is 0 Å². The maximum absolute atomic E-state index is 11.4. The van der Waals surface area contributed by atoms with Gasteiger partial charge in [-0.1, -0.05) is 55.4 Å². The summed E-state index contributed by atoms with van der Waals surface area (Å²) in [6, 6.07) is 0. The Morgan fingerprint density at radius 3 is 2.35 bits per heavy atom. The number of hydrogen-bond acceptors (Lipinski definition) is 4. The molecule has 0 aromatic heterocycles. The van der Waals surface area contributed by atoms with Gasteiger partial charge >= 0.3 is 11.9 Å². The van der Waals surface area contributed by atoms with Gasteiger partial charge in [0.2, 0.25) is 0 Å². The molecule has 0 aliphatic heterocycles. The Labute approximate surface area is 156 Å². The summed E-state index contributed by atoms with van der Waals surface area (Å²) in [7, 11) is 0. The van der Waals surface area contributed by atoms with E-state index in [9.17, 15) is 9.59 Å². The molecule has 1 rings (SSSR count). The van der Waals surface area contributed by atoms with E-state index in [4.69, 9.17) is 0 Å². The van der Waals surface area contributed by atoms with Gasteiger partial charge < -0.3 is 0 Å². The Morgan fingerprint density at radius 2 is 1.73 bits per heavy atom. The van der Waals surface area contributed by atoms with Crippen molar-refractivity contribution in [2.24, 2.45) is 5.41 Å². The van der Waals surface area contributed by atoms with Gasteiger partial charge in [-0.3, -0.25) is 0 Å². The number of carbonyl (C=O) groups excluding carboxylic acids is 2. The molecule has 0 atom stereocenters. The van der Waals surface area contributed by atoms with Crippen molar-refractivity contribution in [1.29, 1.82) is 0 Å². The first-order valence-electron chi connectivity index (χ1n) is 8.92. The minimum atomic E-state index is -0.718. The van der Waals surface area contributed by atoms with Gasteiger partial charge in [-0.2, -0.15) is 0 Å². The van der Waals surface area contributed by atoms with Crippen molar-refractivity contribution < 1.29 is 19.4 Å². The van der Waals surface area contributed by atoms with E-state index in [1.807, 2.05) is 19.1 Å². The van der Waals surface area contributed by atoms with Gasteiger partial charge in [-0.25, -0.2) is 19.4 Å². The van der Waals surface area contributed by atoms with E-state index in [2.05, 4.69) is 42.7 Å². The lowest BCUT2D eigenvalue weighted by molar-refractivity contribution is -0.253. The number of allylic oxidation sites excluding steroid dienone is 9. The molecule has 0 bridgehead atoms. The molecular formula is C22H30O4. The van der Waals surface area contributed by atoms with Crippen LogP contribution in [0.5, 0.6) is 0 Å². The summed E-state index contributed by atoms with van der Waals surface area (Å²) in [5.41, 5.74) is 4.97. The van der Waals surface area contributed by atoms with Crippen LogP contribution in [0, 0.1) is 5.41 Å². The normalized spacial score (nSPS) is 18.5. The van der Waals surface area contributed by atoms with Gasteiger partial charge in [-0.15, -0.1) is 0 Å². The van der Waals surface area contributed by atoms with E-state index in [0.29, 0.717) is 5.57 Å². The Balaban J connectivity index is 2.69. The third-order valence-corrected chi connectivity index (χ3v) is 4.36. The summed E-state index contributed by atoms with van der Waals surface area (Å²) in [5.74, 6) is -1.39. The lowest BCUT2D eigenvalue weighted by Gasteiger charge is -2.32. The number of hydrogen-bond donors (Lipinski definition) is 0. The summed E-state index contributed by atoms with van der Waals surface area (Å²) >= 11 is 0. The predicted molar refractivity (Wildman–Crippen MR) is 104 cm³/mol. The maximum Gasteiger partial charge on any atom is 0.379 e. The summed E-state index contributed by atoms with van der Waals surface area (Å²) < 4.78 is 0. The molecule has 0 amide bonds. The zero-order valence-corrected chi connectivity index (χ0v) is 16.7. The molecule has 0 aromatic rings. The molecule has 1 aliphatic carbocycles. The molecule has 0 aromatic carbocycles. The summed E-state index contributed by atoms with van der Waals surface area (Å²) in [5, 5.41) is 0. The van der Waals surface area contributed by atoms with Crippen LogP contribution >= 0.6 is 0 Å². The standard InChI is InChI=1S/C22H30O4/c1-16(12-13-20-18(3)11-8-14-22(20,5)6)9-7-10-17(2)15-21(24)26-25-19(4)23/h7,9-10,12-13,15H,8,11,14H2,1-6H3. The number of carbonyl (C=O) groups is 2. The quantitative estimate of drug-likeness (QED) is 0.280. The summed E-state index contributed by atoms with van der Waals surface area (Å²) in [6.45, 7) is 11.8. The second-order valence-electron chi connectivity index (χ2n) is 7.40. The van der Waals surface area contributed by atoms with Crippen LogP contribution in [-0.4, -0.2) is 11.9 Å². The fourth-order valence-electron chi connectivity index (χ4n) is 2.99. The van der Waals surface area contributed by atoms with E-state index >= 15 is 0 Å². The van der Waals surface area contributed by atoms with Crippen LogP contribution < -0.4 is 0 Å². The third-order valence-electron chi connectivity index (χ3n) is 4.36. The van der Waals surface area contributed by atoms with Crippen LogP contribution in [0.2, 0.25) is 0 Å². The first-order chi connectivity index (χ1) is 12.1. The second-order valence-corrected chi connectivity index (χ2v) is 7.40. The molecule has 0 unspecified atom stereocenters. The van der Waals surface area contributed by atoms with Gasteiger partial charge in [0.25, 0.3) is 0 Å². The molecule has 26 heavy (non-hydrogen) atoms. The van der Waals surface area contributed by atoms with Crippen LogP contribution in [-0.2, 0) is 19.4 Å². The minimum absolute atomic E-state index is 0.233. The highest BCUT2D eigenvalue weighted by atomic mass is 17.2.